The number of H-pyrrole nitrogens is 1. The van der Waals surface area contributed by atoms with Crippen molar-refractivity contribution in [1.29, 1.82) is 0 Å². The fourth-order valence-electron chi connectivity index (χ4n) is 1.98. The van der Waals surface area contributed by atoms with Crippen LogP contribution in [-0.4, -0.2) is 29.7 Å². The molecule has 0 aliphatic carbocycles. The second-order valence-corrected chi connectivity index (χ2v) is 4.14. The molecule has 0 atom stereocenters. The molecule has 3 rings (SSSR count). The zero-order valence-corrected chi connectivity index (χ0v) is 9.98. The zero-order chi connectivity index (χ0) is 12.4. The Morgan fingerprint density at radius 1 is 1.22 bits per heavy atom. The van der Waals surface area contributed by atoms with E-state index in [9.17, 15) is 0 Å². The third kappa shape index (κ3) is 2.04. The highest BCUT2D eigenvalue weighted by Gasteiger charge is 2.13. The normalized spacial score (nSPS) is 13.6. The number of nitrogens with one attached hydrogen (secondary N) is 1. The third-order valence-corrected chi connectivity index (χ3v) is 2.86. The molecule has 18 heavy (non-hydrogen) atoms. The van der Waals surface area contributed by atoms with Gasteiger partial charge in [0, 0.05) is 12.0 Å². The van der Waals surface area contributed by atoms with E-state index in [1.54, 1.807) is 0 Å². The summed E-state index contributed by atoms with van der Waals surface area (Å²) in [5.74, 6) is 2.49. The third-order valence-electron chi connectivity index (χ3n) is 2.86. The molecule has 0 radical (unpaired) electrons. The Bertz CT molecular complexity index is 551. The number of aromatic nitrogens is 2. The summed E-state index contributed by atoms with van der Waals surface area (Å²) in [5.41, 5.74) is 7.51. The lowest BCUT2D eigenvalue weighted by Gasteiger charge is -2.18. The second-order valence-electron chi connectivity index (χ2n) is 4.14. The molecule has 3 N–H and O–H groups in total. The lowest BCUT2D eigenvalue weighted by Crippen LogP contribution is -2.15. The Hall–Kier alpha value is -2.01. The molecule has 0 spiro atoms. The molecule has 1 aliphatic heterocycles. The Morgan fingerprint density at radius 3 is 2.89 bits per heavy atom. The summed E-state index contributed by atoms with van der Waals surface area (Å²) < 4.78 is 11.1. The Morgan fingerprint density at radius 2 is 2.06 bits per heavy atom. The molecule has 0 amide bonds. The number of hydrogen-bond acceptors (Lipinski definition) is 4. The van der Waals surface area contributed by atoms with E-state index >= 15 is 0 Å². The van der Waals surface area contributed by atoms with Gasteiger partial charge in [-0.3, -0.25) is 0 Å². The SMILES string of the molecule is NCCc1ncc(-c2ccc3c(c2)OCCO3)[nH]1. The van der Waals surface area contributed by atoms with Gasteiger partial charge in [0.25, 0.3) is 0 Å². The van der Waals surface area contributed by atoms with Crippen LogP contribution >= 0.6 is 0 Å². The van der Waals surface area contributed by atoms with E-state index in [0.29, 0.717) is 19.8 Å². The number of ether oxygens (including phenoxy) is 2. The maximum Gasteiger partial charge on any atom is 0.162 e. The Balaban J connectivity index is 1.91. The van der Waals surface area contributed by atoms with Crippen LogP contribution in [0.15, 0.2) is 24.4 Å². The van der Waals surface area contributed by atoms with Crippen LogP contribution in [0.25, 0.3) is 11.3 Å². The number of hydrogen-bond donors (Lipinski definition) is 2. The van der Waals surface area contributed by atoms with Crippen LogP contribution in [0.1, 0.15) is 5.82 Å². The molecule has 5 heteroatoms. The predicted molar refractivity (Wildman–Crippen MR) is 67.8 cm³/mol. The Kier molecular flexibility index (Phi) is 2.90. The molecule has 2 aromatic rings. The minimum absolute atomic E-state index is 0.591. The highest BCUT2D eigenvalue weighted by molar-refractivity contribution is 5.63. The van der Waals surface area contributed by atoms with Crippen molar-refractivity contribution in [2.24, 2.45) is 5.73 Å². The van der Waals surface area contributed by atoms with Crippen molar-refractivity contribution < 1.29 is 9.47 Å². The van der Waals surface area contributed by atoms with Gasteiger partial charge in [0.05, 0.1) is 11.9 Å². The molecule has 0 bridgehead atoms. The van der Waals surface area contributed by atoms with Crippen molar-refractivity contribution in [3.63, 3.8) is 0 Å². The predicted octanol–water partition coefficient (Wildman–Crippen LogP) is 1.35. The fraction of sp³-hybridized carbons (Fsp3) is 0.308. The van der Waals surface area contributed by atoms with Crippen molar-refractivity contribution in [1.82, 2.24) is 9.97 Å². The quantitative estimate of drug-likeness (QED) is 0.856. The van der Waals surface area contributed by atoms with Gasteiger partial charge in [-0.15, -0.1) is 0 Å². The van der Waals surface area contributed by atoms with Gasteiger partial charge in [-0.1, -0.05) is 0 Å². The number of benzene rings is 1. The lowest BCUT2D eigenvalue weighted by molar-refractivity contribution is 0.171. The summed E-state index contributed by atoms with van der Waals surface area (Å²) in [4.78, 5) is 7.54. The summed E-state index contributed by atoms with van der Waals surface area (Å²) in [6.45, 7) is 1.79. The minimum Gasteiger partial charge on any atom is -0.486 e. The van der Waals surface area contributed by atoms with Gasteiger partial charge in [-0.25, -0.2) is 4.98 Å². The first-order chi connectivity index (χ1) is 8.86. The molecule has 1 aromatic carbocycles. The largest absolute Gasteiger partial charge is 0.486 e. The summed E-state index contributed by atoms with van der Waals surface area (Å²) in [6.07, 6.45) is 2.57. The molecule has 1 aliphatic rings. The summed E-state index contributed by atoms with van der Waals surface area (Å²) >= 11 is 0. The van der Waals surface area contributed by atoms with E-state index in [1.807, 2.05) is 24.4 Å². The average Bonchev–Trinajstić information content (AvgIpc) is 2.87. The second kappa shape index (κ2) is 4.70. The first kappa shape index (κ1) is 11.1. The maximum atomic E-state index is 5.56. The van der Waals surface area contributed by atoms with E-state index in [1.165, 1.54) is 0 Å². The lowest BCUT2D eigenvalue weighted by atomic mass is 10.1. The van der Waals surface area contributed by atoms with Gasteiger partial charge in [0.2, 0.25) is 0 Å². The molecule has 94 valence electrons. The van der Waals surface area contributed by atoms with E-state index in [4.69, 9.17) is 15.2 Å². The van der Waals surface area contributed by atoms with Crippen LogP contribution in [0.4, 0.5) is 0 Å². The van der Waals surface area contributed by atoms with Crippen molar-refractivity contribution in [2.45, 2.75) is 6.42 Å². The minimum atomic E-state index is 0.591. The zero-order valence-electron chi connectivity index (χ0n) is 9.98. The van der Waals surface area contributed by atoms with Gasteiger partial charge in [0.15, 0.2) is 11.5 Å². The molecule has 0 saturated carbocycles. The maximum absolute atomic E-state index is 5.56. The number of fused-ring (bicyclic) bond motifs is 1. The molecule has 1 aromatic heterocycles. The van der Waals surface area contributed by atoms with E-state index in [2.05, 4.69) is 9.97 Å². The molecule has 2 heterocycles. The van der Waals surface area contributed by atoms with Crippen LogP contribution in [-0.2, 0) is 6.42 Å². The molecule has 0 saturated heterocycles. The van der Waals surface area contributed by atoms with Gasteiger partial charge < -0.3 is 20.2 Å². The number of nitrogens with two attached hydrogens (primary N) is 1. The number of nitrogens with zero attached hydrogens (tertiary/aromatic N) is 1. The number of imidazole rings is 1. The van der Waals surface area contributed by atoms with Crippen molar-refractivity contribution in [3.05, 3.63) is 30.2 Å². The summed E-state index contributed by atoms with van der Waals surface area (Å²) in [7, 11) is 0. The molecule has 0 unspecified atom stereocenters. The molecule has 0 fully saturated rings. The van der Waals surface area contributed by atoms with Crippen molar-refractivity contribution in [2.75, 3.05) is 19.8 Å². The van der Waals surface area contributed by atoms with Crippen LogP contribution in [0.5, 0.6) is 11.5 Å². The first-order valence-electron chi connectivity index (χ1n) is 6.01. The van der Waals surface area contributed by atoms with Crippen LogP contribution in [0.2, 0.25) is 0 Å². The topological polar surface area (TPSA) is 73.2 Å². The molecular weight excluding hydrogens is 230 g/mol. The van der Waals surface area contributed by atoms with E-state index in [0.717, 1.165) is 35.0 Å². The number of aromatic amines is 1. The summed E-state index contributed by atoms with van der Waals surface area (Å²) in [6, 6.07) is 5.88. The monoisotopic (exact) mass is 245 g/mol. The van der Waals surface area contributed by atoms with Gasteiger partial charge in [0.1, 0.15) is 19.0 Å². The van der Waals surface area contributed by atoms with Gasteiger partial charge in [-0.2, -0.15) is 0 Å². The van der Waals surface area contributed by atoms with Crippen LogP contribution in [0, 0.1) is 0 Å². The van der Waals surface area contributed by atoms with Gasteiger partial charge >= 0.3 is 0 Å². The Labute approximate surface area is 105 Å². The highest BCUT2D eigenvalue weighted by Crippen LogP contribution is 2.33. The van der Waals surface area contributed by atoms with Crippen LogP contribution in [0.3, 0.4) is 0 Å². The standard InChI is InChI=1S/C13H15N3O2/c14-4-3-13-15-8-10(16-13)9-1-2-11-12(7-9)18-6-5-17-11/h1-2,7-8H,3-6,14H2,(H,15,16). The average molecular weight is 245 g/mol. The fourth-order valence-corrected chi connectivity index (χ4v) is 1.98. The van der Waals surface area contributed by atoms with Gasteiger partial charge in [-0.05, 0) is 24.7 Å². The smallest absolute Gasteiger partial charge is 0.162 e. The van der Waals surface area contributed by atoms with E-state index in [-0.39, 0.29) is 0 Å². The number of rotatable bonds is 3. The summed E-state index contributed by atoms with van der Waals surface area (Å²) in [5, 5.41) is 0. The molecular formula is C13H15N3O2. The molecule has 5 nitrogen and oxygen atoms in total. The van der Waals surface area contributed by atoms with Crippen molar-refractivity contribution >= 4 is 0 Å². The van der Waals surface area contributed by atoms with E-state index < -0.39 is 0 Å². The van der Waals surface area contributed by atoms with Crippen molar-refractivity contribution in [3.8, 4) is 22.8 Å². The first-order valence-corrected chi connectivity index (χ1v) is 6.01. The van der Waals surface area contributed by atoms with Crippen LogP contribution < -0.4 is 15.2 Å². The highest BCUT2D eigenvalue weighted by atomic mass is 16.6.